The minimum atomic E-state index is -2.81. The number of benzene rings is 2. The molecule has 0 aliphatic rings. The van der Waals surface area contributed by atoms with Gasteiger partial charge in [-0.05, 0) is 37.0 Å². The molecule has 0 bridgehead atoms. The highest BCUT2D eigenvalue weighted by Gasteiger charge is 2.38. The zero-order valence-corrected chi connectivity index (χ0v) is 16.7. The fraction of sp³-hybridized carbons (Fsp3) is 0.391. The number of alkyl halides is 2. The average Bonchev–Trinajstić information content (AvgIpc) is 2.63. The van der Waals surface area contributed by atoms with Crippen LogP contribution in [0.15, 0.2) is 60.8 Å². The van der Waals surface area contributed by atoms with E-state index in [1.165, 1.54) is 42.0 Å². The van der Waals surface area contributed by atoms with Crippen molar-refractivity contribution in [1.82, 2.24) is 0 Å². The number of nitrogens with two attached hydrogens (primary N) is 1. The van der Waals surface area contributed by atoms with Crippen molar-refractivity contribution in [3.05, 3.63) is 71.9 Å². The SMILES string of the molecule is C=C(N)C(C)C(C)(O)C(F)F.CCCc1ccc(-c2ccc(C)cc2)cc1. The quantitative estimate of drug-likeness (QED) is 0.678. The summed E-state index contributed by atoms with van der Waals surface area (Å²) >= 11 is 0. The summed E-state index contributed by atoms with van der Waals surface area (Å²) in [6.07, 6.45) is -0.421. The van der Waals surface area contributed by atoms with Gasteiger partial charge in [0, 0.05) is 11.6 Å². The van der Waals surface area contributed by atoms with Crippen LogP contribution in [0.3, 0.4) is 0 Å². The van der Waals surface area contributed by atoms with Gasteiger partial charge in [0.05, 0.1) is 0 Å². The Morgan fingerprint density at radius 3 is 1.85 bits per heavy atom. The third-order valence-electron chi connectivity index (χ3n) is 4.75. The Bertz CT molecular complexity index is 706. The summed E-state index contributed by atoms with van der Waals surface area (Å²) in [4.78, 5) is 0. The number of halogens is 2. The van der Waals surface area contributed by atoms with E-state index in [4.69, 9.17) is 10.8 Å². The molecule has 2 atom stereocenters. The predicted molar refractivity (Wildman–Crippen MR) is 110 cm³/mol. The number of aryl methyl sites for hydroxylation is 2. The van der Waals surface area contributed by atoms with Crippen molar-refractivity contribution in [2.75, 3.05) is 0 Å². The van der Waals surface area contributed by atoms with E-state index >= 15 is 0 Å². The van der Waals surface area contributed by atoms with Crippen molar-refractivity contribution < 1.29 is 13.9 Å². The molecule has 2 aromatic rings. The third-order valence-corrected chi connectivity index (χ3v) is 4.75. The first-order valence-electron chi connectivity index (χ1n) is 9.20. The van der Waals surface area contributed by atoms with Crippen LogP contribution in [0, 0.1) is 12.8 Å². The molecule has 27 heavy (non-hydrogen) atoms. The lowest BCUT2D eigenvalue weighted by Gasteiger charge is -2.29. The normalized spacial score (nSPS) is 14.1. The zero-order chi connectivity index (χ0) is 20.6. The van der Waals surface area contributed by atoms with Crippen molar-refractivity contribution >= 4 is 0 Å². The van der Waals surface area contributed by atoms with Crippen molar-refractivity contribution in [2.24, 2.45) is 11.7 Å². The number of aliphatic hydroxyl groups is 1. The highest BCUT2D eigenvalue weighted by Crippen LogP contribution is 2.27. The molecule has 2 rings (SSSR count). The maximum atomic E-state index is 12.1. The van der Waals surface area contributed by atoms with Crippen molar-refractivity contribution in [2.45, 2.75) is 52.6 Å². The summed E-state index contributed by atoms with van der Waals surface area (Å²) < 4.78 is 24.2. The van der Waals surface area contributed by atoms with Crippen LogP contribution in [0.2, 0.25) is 0 Å². The third kappa shape index (κ3) is 6.79. The first-order valence-corrected chi connectivity index (χ1v) is 9.20. The van der Waals surface area contributed by atoms with E-state index in [0.717, 1.165) is 6.92 Å². The topological polar surface area (TPSA) is 46.2 Å². The van der Waals surface area contributed by atoms with E-state index in [1.807, 2.05) is 0 Å². The summed E-state index contributed by atoms with van der Waals surface area (Å²) in [7, 11) is 0. The maximum Gasteiger partial charge on any atom is 0.267 e. The lowest BCUT2D eigenvalue weighted by Crippen LogP contribution is -2.42. The highest BCUT2D eigenvalue weighted by molar-refractivity contribution is 5.63. The van der Waals surface area contributed by atoms with Crippen molar-refractivity contribution in [3.8, 4) is 11.1 Å². The molecule has 0 aliphatic carbocycles. The molecule has 0 radical (unpaired) electrons. The minimum Gasteiger partial charge on any atom is -0.402 e. The number of hydrogen-bond donors (Lipinski definition) is 2. The van der Waals surface area contributed by atoms with Crippen LogP contribution in [0.5, 0.6) is 0 Å². The monoisotopic (exact) mass is 375 g/mol. The standard InChI is InChI=1S/C16H18.C7H13F2NO/c1-3-4-14-7-11-16(12-8-14)15-9-5-13(2)6-10-15;1-4(5(2)10)7(3,11)6(8)9/h5-12H,3-4H2,1-2H3;4,6,11H,2,10H2,1,3H3. The highest BCUT2D eigenvalue weighted by atomic mass is 19.3. The van der Waals surface area contributed by atoms with Crippen molar-refractivity contribution in [3.63, 3.8) is 0 Å². The Morgan fingerprint density at radius 1 is 1.07 bits per heavy atom. The Hall–Kier alpha value is -2.20. The van der Waals surface area contributed by atoms with Crippen LogP contribution in [-0.4, -0.2) is 17.1 Å². The zero-order valence-electron chi connectivity index (χ0n) is 16.7. The molecule has 0 amide bonds. The van der Waals surface area contributed by atoms with E-state index in [-0.39, 0.29) is 5.70 Å². The Morgan fingerprint density at radius 2 is 1.52 bits per heavy atom. The second-order valence-corrected chi connectivity index (χ2v) is 7.14. The van der Waals surface area contributed by atoms with Gasteiger partial charge < -0.3 is 10.8 Å². The van der Waals surface area contributed by atoms with Gasteiger partial charge >= 0.3 is 0 Å². The van der Waals surface area contributed by atoms with Gasteiger partial charge in [-0.1, -0.05) is 80.9 Å². The average molecular weight is 376 g/mol. The van der Waals surface area contributed by atoms with Crippen LogP contribution in [0.4, 0.5) is 8.78 Å². The molecular weight excluding hydrogens is 344 g/mol. The van der Waals surface area contributed by atoms with Gasteiger partial charge in [0.1, 0.15) is 5.60 Å². The van der Waals surface area contributed by atoms with Crippen LogP contribution in [-0.2, 0) is 6.42 Å². The molecule has 0 aromatic heterocycles. The van der Waals surface area contributed by atoms with Crippen LogP contribution >= 0.6 is 0 Å². The summed E-state index contributed by atoms with van der Waals surface area (Å²) in [6.45, 7) is 10.1. The van der Waals surface area contributed by atoms with E-state index in [0.29, 0.717) is 0 Å². The molecule has 0 saturated carbocycles. The summed E-state index contributed by atoms with van der Waals surface area (Å²) in [5.41, 5.74) is 8.51. The molecule has 0 aliphatic heterocycles. The smallest absolute Gasteiger partial charge is 0.267 e. The lowest BCUT2D eigenvalue weighted by molar-refractivity contribution is -0.107. The predicted octanol–water partition coefficient (Wildman–Crippen LogP) is 5.73. The first kappa shape index (κ1) is 22.8. The molecule has 0 spiro atoms. The minimum absolute atomic E-state index is 0.0651. The van der Waals surface area contributed by atoms with Gasteiger partial charge in [-0.15, -0.1) is 0 Å². The summed E-state index contributed by atoms with van der Waals surface area (Å²) in [5, 5.41) is 9.14. The van der Waals surface area contributed by atoms with Gasteiger partial charge in [-0.25, -0.2) is 8.78 Å². The summed E-state index contributed by atoms with van der Waals surface area (Å²) in [6, 6.07) is 17.6. The molecule has 2 nitrogen and oxygen atoms in total. The van der Waals surface area contributed by atoms with E-state index in [1.54, 1.807) is 0 Å². The number of hydrogen-bond acceptors (Lipinski definition) is 2. The van der Waals surface area contributed by atoms with Gasteiger partial charge in [0.15, 0.2) is 0 Å². The van der Waals surface area contributed by atoms with Crippen LogP contribution < -0.4 is 5.73 Å². The van der Waals surface area contributed by atoms with E-state index in [2.05, 4.69) is 69.0 Å². The van der Waals surface area contributed by atoms with Crippen LogP contribution in [0.25, 0.3) is 11.1 Å². The molecule has 0 fully saturated rings. The Balaban J connectivity index is 0.000000293. The van der Waals surface area contributed by atoms with Gasteiger partial charge in [-0.3, -0.25) is 0 Å². The largest absolute Gasteiger partial charge is 0.402 e. The molecule has 3 N–H and O–H groups in total. The molecule has 0 saturated heterocycles. The fourth-order valence-corrected chi connectivity index (χ4v) is 2.46. The molecular formula is C23H31F2NO. The van der Waals surface area contributed by atoms with Gasteiger partial charge in [0.2, 0.25) is 0 Å². The number of rotatable bonds is 6. The maximum absolute atomic E-state index is 12.1. The Kier molecular flexibility index (Phi) is 8.64. The lowest BCUT2D eigenvalue weighted by atomic mass is 9.89. The first-order chi connectivity index (χ1) is 12.6. The molecule has 148 valence electrons. The molecule has 4 heteroatoms. The van der Waals surface area contributed by atoms with Gasteiger partial charge in [-0.2, -0.15) is 0 Å². The van der Waals surface area contributed by atoms with Crippen LogP contribution in [0.1, 0.15) is 38.3 Å². The van der Waals surface area contributed by atoms with E-state index in [9.17, 15) is 8.78 Å². The fourth-order valence-electron chi connectivity index (χ4n) is 2.46. The Labute approximate surface area is 161 Å². The second kappa shape index (κ2) is 10.2. The molecule has 0 heterocycles. The van der Waals surface area contributed by atoms with Gasteiger partial charge in [0.25, 0.3) is 6.43 Å². The van der Waals surface area contributed by atoms with E-state index < -0.39 is 17.9 Å². The van der Waals surface area contributed by atoms with Crippen molar-refractivity contribution in [1.29, 1.82) is 0 Å². The summed E-state index contributed by atoms with van der Waals surface area (Å²) in [5.74, 6) is -0.803. The molecule has 2 unspecified atom stereocenters. The molecule has 2 aromatic carbocycles. The second-order valence-electron chi connectivity index (χ2n) is 7.14.